The van der Waals surface area contributed by atoms with Gasteiger partial charge >= 0.3 is 5.97 Å². The van der Waals surface area contributed by atoms with Gasteiger partial charge in [0.15, 0.2) is 5.70 Å². The molecule has 0 atom stereocenters. The lowest BCUT2D eigenvalue weighted by Crippen LogP contribution is -2.05. The number of halogens is 2. The van der Waals surface area contributed by atoms with Gasteiger partial charge in [0, 0.05) is 37.9 Å². The zero-order valence-electron chi connectivity index (χ0n) is 15.1. The van der Waals surface area contributed by atoms with Crippen LogP contribution in [0.15, 0.2) is 69.9 Å². The number of benzene rings is 2. The summed E-state index contributed by atoms with van der Waals surface area (Å²) in [6.45, 7) is 1.42. The van der Waals surface area contributed by atoms with Gasteiger partial charge in [-0.1, -0.05) is 30.3 Å². The largest absolute Gasteiger partial charge is 0.402 e. The van der Waals surface area contributed by atoms with E-state index >= 15 is 0 Å². The molecule has 3 aromatic rings. The van der Waals surface area contributed by atoms with Crippen molar-refractivity contribution >= 4 is 62.4 Å². The van der Waals surface area contributed by atoms with Gasteiger partial charge < -0.3 is 4.74 Å². The molecule has 4 rings (SSSR count). The molecule has 0 spiro atoms. The van der Waals surface area contributed by atoms with E-state index in [1.54, 1.807) is 12.3 Å². The van der Waals surface area contributed by atoms with E-state index in [2.05, 4.69) is 48.6 Å². The zero-order chi connectivity index (χ0) is 20.5. The predicted molar refractivity (Wildman–Crippen MR) is 121 cm³/mol. The summed E-state index contributed by atoms with van der Waals surface area (Å²) in [5.74, 6) is -0.545. The lowest BCUT2D eigenvalue weighted by Gasteiger charge is -2.01. The molecule has 0 N–H and O–H groups in total. The van der Waals surface area contributed by atoms with Crippen molar-refractivity contribution in [2.24, 2.45) is 4.99 Å². The molecule has 0 unspecified atom stereocenters. The van der Waals surface area contributed by atoms with E-state index in [0.717, 1.165) is 13.6 Å². The molecule has 0 fully saturated rings. The van der Waals surface area contributed by atoms with Crippen LogP contribution in [0.4, 0.5) is 0 Å². The average Bonchev–Trinajstić information content (AvgIpc) is 3.29. The van der Waals surface area contributed by atoms with Crippen LogP contribution in [-0.4, -0.2) is 27.6 Å². The molecule has 0 saturated heterocycles. The highest BCUT2D eigenvalue weighted by Crippen LogP contribution is 2.27. The highest BCUT2D eigenvalue weighted by molar-refractivity contribution is 14.1. The van der Waals surface area contributed by atoms with Gasteiger partial charge in [-0.05, 0) is 62.8 Å². The van der Waals surface area contributed by atoms with Gasteiger partial charge in [0.2, 0.25) is 11.8 Å². The number of aromatic nitrogens is 2. The first-order valence-electron chi connectivity index (χ1n) is 8.56. The zero-order valence-corrected chi connectivity index (χ0v) is 18.8. The van der Waals surface area contributed by atoms with Gasteiger partial charge in [-0.2, -0.15) is 5.10 Å². The highest BCUT2D eigenvalue weighted by atomic mass is 127. The van der Waals surface area contributed by atoms with Crippen molar-refractivity contribution in [2.75, 3.05) is 0 Å². The van der Waals surface area contributed by atoms with Gasteiger partial charge in [-0.15, -0.1) is 0 Å². The normalized spacial score (nSPS) is 14.8. The number of carbonyl (C=O) groups is 2. The summed E-state index contributed by atoms with van der Waals surface area (Å²) in [6, 6.07) is 15.0. The Bertz CT molecular complexity index is 1200. The standard InChI is InChI=1S/C21H13BrIN3O3/c1-12(27)26-11-15(19(25-26)13-5-3-2-4-6-13)10-18-21(28)29-20(24-18)14-7-8-17(23)16(22)9-14/h2-11H,1H3/b18-10-. The first-order chi connectivity index (χ1) is 13.9. The number of carbonyl (C=O) groups excluding carboxylic acids is 2. The van der Waals surface area contributed by atoms with E-state index in [4.69, 9.17) is 4.74 Å². The molecule has 1 aliphatic rings. The molecule has 2 heterocycles. The minimum absolute atomic E-state index is 0.148. The van der Waals surface area contributed by atoms with Crippen LogP contribution in [-0.2, 0) is 9.53 Å². The molecule has 0 radical (unpaired) electrons. The number of rotatable bonds is 3. The maximum absolute atomic E-state index is 12.4. The summed E-state index contributed by atoms with van der Waals surface area (Å²) >= 11 is 5.67. The van der Waals surface area contributed by atoms with E-state index in [1.807, 2.05) is 48.5 Å². The van der Waals surface area contributed by atoms with Gasteiger partial charge in [0.25, 0.3) is 0 Å². The molecule has 29 heavy (non-hydrogen) atoms. The fourth-order valence-corrected chi connectivity index (χ4v) is 3.50. The summed E-state index contributed by atoms with van der Waals surface area (Å²) in [4.78, 5) is 28.5. The first kappa shape index (κ1) is 19.7. The van der Waals surface area contributed by atoms with E-state index < -0.39 is 5.97 Å². The lowest BCUT2D eigenvalue weighted by atomic mass is 10.1. The predicted octanol–water partition coefficient (Wildman–Crippen LogP) is 4.92. The van der Waals surface area contributed by atoms with Crippen LogP contribution < -0.4 is 0 Å². The van der Waals surface area contributed by atoms with Crippen molar-refractivity contribution in [3.05, 3.63) is 79.6 Å². The van der Waals surface area contributed by atoms with Crippen molar-refractivity contribution in [3.8, 4) is 11.3 Å². The Morgan fingerprint density at radius 1 is 1.17 bits per heavy atom. The van der Waals surface area contributed by atoms with Gasteiger partial charge in [-0.25, -0.2) is 14.5 Å². The van der Waals surface area contributed by atoms with Crippen molar-refractivity contribution in [2.45, 2.75) is 6.92 Å². The van der Waals surface area contributed by atoms with E-state index in [-0.39, 0.29) is 17.5 Å². The summed E-state index contributed by atoms with van der Waals surface area (Å²) in [5.41, 5.74) is 2.86. The van der Waals surface area contributed by atoms with Crippen molar-refractivity contribution < 1.29 is 14.3 Å². The second kappa shape index (κ2) is 8.03. The lowest BCUT2D eigenvalue weighted by molar-refractivity contribution is -0.129. The van der Waals surface area contributed by atoms with Crippen LogP contribution in [0.1, 0.15) is 22.8 Å². The molecule has 0 saturated carbocycles. The van der Waals surface area contributed by atoms with Crippen LogP contribution in [0, 0.1) is 3.57 Å². The topological polar surface area (TPSA) is 73.6 Å². The summed E-state index contributed by atoms with van der Waals surface area (Å²) in [6.07, 6.45) is 3.17. The molecule has 0 amide bonds. The average molecular weight is 562 g/mol. The molecular formula is C21H13BrIN3O3. The van der Waals surface area contributed by atoms with Crippen LogP contribution >= 0.6 is 38.5 Å². The molecule has 8 heteroatoms. The third-order valence-corrected chi connectivity index (χ3v) is 6.53. The smallest absolute Gasteiger partial charge is 0.363 e. The van der Waals surface area contributed by atoms with Crippen LogP contribution in [0.5, 0.6) is 0 Å². The second-order valence-electron chi connectivity index (χ2n) is 6.23. The summed E-state index contributed by atoms with van der Waals surface area (Å²) in [7, 11) is 0. The Labute approximate surface area is 188 Å². The first-order valence-corrected chi connectivity index (χ1v) is 10.4. The highest BCUT2D eigenvalue weighted by Gasteiger charge is 2.25. The third-order valence-electron chi connectivity index (χ3n) is 4.19. The summed E-state index contributed by atoms with van der Waals surface area (Å²) in [5, 5.41) is 4.36. The molecule has 0 bridgehead atoms. The Kier molecular flexibility index (Phi) is 5.46. The fourth-order valence-electron chi connectivity index (χ4n) is 2.78. The minimum Gasteiger partial charge on any atom is -0.402 e. The Hall–Kier alpha value is -2.59. The number of nitrogens with zero attached hydrogens (tertiary/aromatic N) is 3. The molecule has 2 aromatic carbocycles. The third kappa shape index (κ3) is 4.08. The van der Waals surface area contributed by atoms with Crippen LogP contribution in [0.25, 0.3) is 17.3 Å². The number of ether oxygens (including phenoxy) is 1. The van der Waals surface area contributed by atoms with Crippen molar-refractivity contribution in [3.63, 3.8) is 0 Å². The second-order valence-corrected chi connectivity index (χ2v) is 8.24. The number of hydrogen-bond acceptors (Lipinski definition) is 5. The van der Waals surface area contributed by atoms with Gasteiger partial charge in [0.1, 0.15) is 5.69 Å². The molecule has 144 valence electrons. The monoisotopic (exact) mass is 561 g/mol. The number of esters is 1. The summed E-state index contributed by atoms with van der Waals surface area (Å²) < 4.78 is 8.53. The molecule has 1 aromatic heterocycles. The molecule has 6 nitrogen and oxygen atoms in total. The molecular weight excluding hydrogens is 549 g/mol. The number of hydrogen-bond donors (Lipinski definition) is 0. The van der Waals surface area contributed by atoms with Gasteiger partial charge in [-0.3, -0.25) is 4.79 Å². The van der Waals surface area contributed by atoms with Gasteiger partial charge in [0.05, 0.1) is 0 Å². The van der Waals surface area contributed by atoms with Crippen molar-refractivity contribution in [1.82, 2.24) is 9.78 Å². The van der Waals surface area contributed by atoms with E-state index in [1.165, 1.54) is 11.6 Å². The SMILES string of the molecule is CC(=O)n1cc(/C=C2\N=C(c3ccc(I)c(Br)c3)OC2=O)c(-c2ccccc2)n1. The van der Waals surface area contributed by atoms with Crippen LogP contribution in [0.2, 0.25) is 0 Å². The number of aliphatic imine (C=N–C) groups is 1. The quantitative estimate of drug-likeness (QED) is 0.258. The Balaban J connectivity index is 1.77. The van der Waals surface area contributed by atoms with E-state index in [9.17, 15) is 9.59 Å². The maximum Gasteiger partial charge on any atom is 0.363 e. The Morgan fingerprint density at radius 2 is 1.93 bits per heavy atom. The Morgan fingerprint density at radius 3 is 2.62 bits per heavy atom. The number of cyclic esters (lactones) is 1. The van der Waals surface area contributed by atoms with E-state index in [0.29, 0.717) is 16.8 Å². The van der Waals surface area contributed by atoms with Crippen molar-refractivity contribution in [1.29, 1.82) is 0 Å². The molecule has 1 aliphatic heterocycles. The fraction of sp³-hybridized carbons (Fsp3) is 0.0476. The van der Waals surface area contributed by atoms with Crippen LogP contribution in [0.3, 0.4) is 0 Å². The maximum atomic E-state index is 12.4. The molecule has 0 aliphatic carbocycles. The minimum atomic E-state index is -0.552.